The van der Waals surface area contributed by atoms with Crippen LogP contribution in [0.15, 0.2) is 18.2 Å². The molecule has 1 aliphatic heterocycles. The van der Waals surface area contributed by atoms with Crippen molar-refractivity contribution in [3.63, 3.8) is 0 Å². The van der Waals surface area contributed by atoms with E-state index in [1.807, 2.05) is 19.2 Å². The number of carbonyl (C=O) groups is 2. The molecule has 1 aromatic rings. The van der Waals surface area contributed by atoms with Gasteiger partial charge in [-0.15, -0.1) is 0 Å². The number of likely N-dealkylation sites (tertiary alicyclic amines) is 1. The van der Waals surface area contributed by atoms with E-state index in [0.717, 1.165) is 94.9 Å². The van der Waals surface area contributed by atoms with E-state index in [2.05, 4.69) is 17.9 Å². The first-order chi connectivity index (χ1) is 18.4. The van der Waals surface area contributed by atoms with Gasteiger partial charge >= 0.3 is 11.9 Å². The van der Waals surface area contributed by atoms with Crippen LogP contribution in [0, 0.1) is 17.8 Å². The Hall–Kier alpha value is -2.12. The Labute approximate surface area is 228 Å². The smallest absolute Gasteiger partial charge is 0.343 e. The molecule has 7 heteroatoms. The predicted molar refractivity (Wildman–Crippen MR) is 146 cm³/mol. The van der Waals surface area contributed by atoms with Gasteiger partial charge in [0.05, 0.1) is 13.2 Å². The molecule has 1 aromatic carbocycles. The number of nitrogens with zero attached hydrogens (tertiary/aromatic N) is 1. The van der Waals surface area contributed by atoms with Crippen LogP contribution in [0.5, 0.6) is 5.75 Å². The molecule has 3 aliphatic rings. The highest BCUT2D eigenvalue weighted by atomic mass is 16.6. The molecule has 1 N–H and O–H groups in total. The summed E-state index contributed by atoms with van der Waals surface area (Å²) in [4.78, 5) is 26.8. The number of likely N-dealkylation sites (N-methyl/N-ethyl adjacent to an activating group) is 1. The Morgan fingerprint density at radius 1 is 1.16 bits per heavy atom. The Bertz CT molecular complexity index is 935. The summed E-state index contributed by atoms with van der Waals surface area (Å²) in [6.07, 6.45) is 11.2. The molecule has 7 nitrogen and oxygen atoms in total. The van der Waals surface area contributed by atoms with Crippen molar-refractivity contribution in [2.45, 2.75) is 102 Å². The number of fused-ring (bicyclic) bond motifs is 2. The largest absolute Gasteiger partial charge is 0.482 e. The third kappa shape index (κ3) is 7.09. The van der Waals surface area contributed by atoms with Crippen molar-refractivity contribution in [1.82, 2.24) is 4.90 Å². The molecular formula is C31H47NO6. The van der Waals surface area contributed by atoms with Crippen molar-refractivity contribution >= 4 is 11.9 Å². The summed E-state index contributed by atoms with van der Waals surface area (Å²) in [6.45, 7) is 3.05. The average molecular weight is 530 g/mol. The van der Waals surface area contributed by atoms with Crippen molar-refractivity contribution in [3.8, 4) is 5.75 Å². The molecule has 1 saturated heterocycles. The zero-order valence-electron chi connectivity index (χ0n) is 23.5. The number of rotatable bonds is 12. The highest BCUT2D eigenvalue weighted by molar-refractivity contribution is 5.76. The quantitative estimate of drug-likeness (QED) is 0.310. The Morgan fingerprint density at radius 2 is 2.00 bits per heavy atom. The highest BCUT2D eigenvalue weighted by Gasteiger charge is 2.45. The fourth-order valence-corrected chi connectivity index (χ4v) is 7.01. The van der Waals surface area contributed by atoms with Gasteiger partial charge in [0.15, 0.2) is 6.61 Å². The number of methoxy groups -OCH3 is 1. The van der Waals surface area contributed by atoms with Crippen LogP contribution in [-0.2, 0) is 31.9 Å². The summed E-state index contributed by atoms with van der Waals surface area (Å²) in [5.74, 6) is 1.30. The number of hydrogen-bond acceptors (Lipinski definition) is 7. The van der Waals surface area contributed by atoms with E-state index in [4.69, 9.17) is 14.2 Å². The SMILES string of the molecule is CCCCCC(CCC1C(O)CC2Cc3c(cccc3OCC(=O)OC)CC21)OC(=O)C1CCCCN1C. The Balaban J connectivity index is 1.39. The van der Waals surface area contributed by atoms with Gasteiger partial charge in [-0.3, -0.25) is 9.69 Å². The molecule has 4 rings (SSSR count). The summed E-state index contributed by atoms with van der Waals surface area (Å²) in [5.41, 5.74) is 2.41. The summed E-state index contributed by atoms with van der Waals surface area (Å²) < 4.78 is 16.7. The highest BCUT2D eigenvalue weighted by Crippen LogP contribution is 2.48. The molecule has 2 aliphatic carbocycles. The summed E-state index contributed by atoms with van der Waals surface area (Å²) in [5, 5.41) is 11.1. The first-order valence-electron chi connectivity index (χ1n) is 14.8. The third-order valence-electron chi connectivity index (χ3n) is 9.20. The molecule has 0 amide bonds. The van der Waals surface area contributed by atoms with Gasteiger partial charge in [-0.05, 0) is 106 Å². The molecule has 212 valence electrons. The van der Waals surface area contributed by atoms with Crippen LogP contribution in [-0.4, -0.2) is 67.5 Å². The molecule has 1 saturated carbocycles. The zero-order chi connectivity index (χ0) is 27.1. The van der Waals surface area contributed by atoms with Crippen molar-refractivity contribution in [3.05, 3.63) is 29.3 Å². The molecule has 2 fully saturated rings. The van der Waals surface area contributed by atoms with E-state index >= 15 is 0 Å². The molecule has 0 bridgehead atoms. The van der Waals surface area contributed by atoms with Gasteiger partial charge in [-0.1, -0.05) is 38.3 Å². The molecule has 0 aromatic heterocycles. The minimum Gasteiger partial charge on any atom is -0.482 e. The summed E-state index contributed by atoms with van der Waals surface area (Å²) in [7, 11) is 3.39. The van der Waals surface area contributed by atoms with Gasteiger partial charge in [0.1, 0.15) is 17.9 Å². The molecular weight excluding hydrogens is 482 g/mol. The fraction of sp³-hybridized carbons (Fsp3) is 0.742. The number of unbranched alkanes of at least 4 members (excludes halogenated alkanes) is 2. The second-order valence-electron chi connectivity index (χ2n) is 11.7. The first kappa shape index (κ1) is 28.9. The second kappa shape index (κ2) is 13.8. The van der Waals surface area contributed by atoms with Crippen LogP contribution in [0.1, 0.15) is 82.3 Å². The lowest BCUT2D eigenvalue weighted by molar-refractivity contribution is -0.157. The number of esters is 2. The van der Waals surface area contributed by atoms with Crippen molar-refractivity contribution in [2.24, 2.45) is 17.8 Å². The van der Waals surface area contributed by atoms with Crippen LogP contribution in [0.25, 0.3) is 0 Å². The van der Waals surface area contributed by atoms with E-state index in [1.54, 1.807) is 0 Å². The molecule has 6 atom stereocenters. The maximum atomic E-state index is 13.1. The minimum absolute atomic E-state index is 0.0652. The summed E-state index contributed by atoms with van der Waals surface area (Å²) >= 11 is 0. The van der Waals surface area contributed by atoms with E-state index in [-0.39, 0.29) is 36.7 Å². The third-order valence-corrected chi connectivity index (χ3v) is 9.20. The van der Waals surface area contributed by atoms with Gasteiger partial charge in [0.25, 0.3) is 0 Å². The van der Waals surface area contributed by atoms with Gasteiger partial charge < -0.3 is 19.3 Å². The molecule has 0 radical (unpaired) electrons. The van der Waals surface area contributed by atoms with Crippen molar-refractivity contribution in [2.75, 3.05) is 27.3 Å². The zero-order valence-corrected chi connectivity index (χ0v) is 23.5. The number of aliphatic hydroxyl groups is 1. The normalized spacial score (nSPS) is 27.7. The van der Waals surface area contributed by atoms with Crippen molar-refractivity contribution < 1.29 is 28.9 Å². The Morgan fingerprint density at radius 3 is 2.76 bits per heavy atom. The number of carbonyl (C=O) groups excluding carboxylic acids is 2. The minimum atomic E-state index is -0.392. The lowest BCUT2D eigenvalue weighted by Gasteiger charge is -2.34. The fourth-order valence-electron chi connectivity index (χ4n) is 7.01. The van der Waals surface area contributed by atoms with E-state index in [9.17, 15) is 14.7 Å². The topological polar surface area (TPSA) is 85.3 Å². The van der Waals surface area contributed by atoms with Crippen LogP contribution in [0.4, 0.5) is 0 Å². The Kier molecular flexibility index (Phi) is 10.5. The number of piperidine rings is 1. The number of benzene rings is 1. The first-order valence-corrected chi connectivity index (χ1v) is 14.8. The van der Waals surface area contributed by atoms with Gasteiger partial charge in [0.2, 0.25) is 0 Å². The van der Waals surface area contributed by atoms with E-state index < -0.39 is 5.97 Å². The number of hydrogen-bond donors (Lipinski definition) is 1. The maximum Gasteiger partial charge on any atom is 0.343 e. The van der Waals surface area contributed by atoms with E-state index in [0.29, 0.717) is 11.8 Å². The van der Waals surface area contributed by atoms with Crippen LogP contribution in [0.3, 0.4) is 0 Å². The van der Waals surface area contributed by atoms with Gasteiger partial charge in [-0.2, -0.15) is 0 Å². The average Bonchev–Trinajstić information content (AvgIpc) is 3.22. The van der Waals surface area contributed by atoms with Gasteiger partial charge in [0, 0.05) is 0 Å². The molecule has 1 heterocycles. The standard InChI is InChI=1S/C31H47NO6/c1-4-5-6-11-23(38-31(35)27-12-7-8-16-32(27)2)14-15-24-25-17-21-10-9-13-29(37-20-30(34)36-3)26(21)18-22(25)19-28(24)33/h9-10,13,22-25,27-28,33H,4-8,11-12,14-20H2,1-3H3. The molecule has 0 spiro atoms. The maximum absolute atomic E-state index is 13.1. The number of ether oxygens (including phenoxy) is 3. The molecule has 38 heavy (non-hydrogen) atoms. The van der Waals surface area contributed by atoms with Crippen LogP contribution in [0.2, 0.25) is 0 Å². The number of aliphatic hydroxyl groups excluding tert-OH is 1. The summed E-state index contributed by atoms with van der Waals surface area (Å²) in [6, 6.07) is 5.93. The molecule has 6 unspecified atom stereocenters. The van der Waals surface area contributed by atoms with E-state index in [1.165, 1.54) is 12.7 Å². The van der Waals surface area contributed by atoms with Crippen molar-refractivity contribution in [1.29, 1.82) is 0 Å². The van der Waals surface area contributed by atoms with Crippen LogP contribution >= 0.6 is 0 Å². The predicted octanol–water partition coefficient (Wildman–Crippen LogP) is 4.71. The lowest BCUT2D eigenvalue weighted by atomic mass is 9.73. The lowest BCUT2D eigenvalue weighted by Crippen LogP contribution is -2.44. The van der Waals surface area contributed by atoms with Gasteiger partial charge in [-0.25, -0.2) is 4.79 Å². The second-order valence-corrected chi connectivity index (χ2v) is 11.7. The monoisotopic (exact) mass is 529 g/mol. The van der Waals surface area contributed by atoms with Crippen LogP contribution < -0.4 is 4.74 Å².